The minimum absolute atomic E-state index is 0.0760. The van der Waals surface area contributed by atoms with Crippen LogP contribution in [0.4, 0.5) is 23.9 Å². The molecular formula is C16H12F3N3O6S. The number of amides is 1. The summed E-state index contributed by atoms with van der Waals surface area (Å²) in [6.45, 7) is 0. The number of fused-ring (bicyclic) bond motifs is 1. The molecule has 13 heteroatoms. The maximum Gasteiger partial charge on any atom is 0.573 e. The maximum absolute atomic E-state index is 12.3. The predicted octanol–water partition coefficient (Wildman–Crippen LogP) is 3.41. The first-order chi connectivity index (χ1) is 13.6. The molecule has 2 aromatic carbocycles. The summed E-state index contributed by atoms with van der Waals surface area (Å²) in [5, 5.41) is 2.32. The van der Waals surface area contributed by atoms with Gasteiger partial charge in [0, 0.05) is 6.07 Å². The van der Waals surface area contributed by atoms with Crippen LogP contribution < -0.4 is 14.2 Å². The molecule has 2 N–H and O–H groups in total. The number of imidazole rings is 1. The Bertz CT molecular complexity index is 1140. The van der Waals surface area contributed by atoms with Crippen LogP contribution in [0.5, 0.6) is 11.5 Å². The summed E-state index contributed by atoms with van der Waals surface area (Å²) in [5.74, 6) is -0.587. The Morgan fingerprint density at radius 1 is 1.10 bits per heavy atom. The number of H-pyrrole nitrogens is 1. The van der Waals surface area contributed by atoms with E-state index in [2.05, 4.69) is 24.8 Å². The topological polar surface area (TPSA) is 120 Å². The zero-order valence-corrected chi connectivity index (χ0v) is 15.3. The molecule has 0 fully saturated rings. The fourth-order valence-corrected chi connectivity index (χ4v) is 3.15. The number of halogens is 3. The Morgan fingerprint density at radius 2 is 1.76 bits per heavy atom. The minimum Gasteiger partial charge on any atom is -0.453 e. The summed E-state index contributed by atoms with van der Waals surface area (Å²) in [6.07, 6.45) is -5.64. The van der Waals surface area contributed by atoms with Crippen molar-refractivity contribution in [2.75, 3.05) is 12.4 Å². The fourth-order valence-electron chi connectivity index (χ4n) is 2.23. The van der Waals surface area contributed by atoms with E-state index in [1.165, 1.54) is 25.3 Å². The van der Waals surface area contributed by atoms with Crippen molar-refractivity contribution >= 4 is 33.2 Å². The molecule has 0 saturated carbocycles. The number of anilines is 1. The van der Waals surface area contributed by atoms with E-state index >= 15 is 0 Å². The first kappa shape index (κ1) is 20.3. The Hall–Kier alpha value is -3.48. The molecule has 3 rings (SSSR count). The van der Waals surface area contributed by atoms with Gasteiger partial charge < -0.3 is 18.6 Å². The van der Waals surface area contributed by atoms with Gasteiger partial charge in [0.1, 0.15) is 16.4 Å². The van der Waals surface area contributed by atoms with Gasteiger partial charge in [0.15, 0.2) is 0 Å². The quantitative estimate of drug-likeness (QED) is 0.594. The number of ether oxygens (including phenoxy) is 2. The van der Waals surface area contributed by atoms with E-state index in [1.807, 2.05) is 0 Å². The molecule has 9 nitrogen and oxygen atoms in total. The Morgan fingerprint density at radius 3 is 2.38 bits per heavy atom. The van der Waals surface area contributed by atoms with Crippen molar-refractivity contribution in [2.24, 2.45) is 0 Å². The third kappa shape index (κ3) is 5.07. The number of nitrogens with zero attached hydrogens (tertiary/aromatic N) is 1. The molecule has 0 atom stereocenters. The van der Waals surface area contributed by atoms with Crippen molar-refractivity contribution in [1.29, 1.82) is 0 Å². The Labute approximate surface area is 161 Å². The van der Waals surface area contributed by atoms with E-state index in [1.54, 1.807) is 0 Å². The van der Waals surface area contributed by atoms with Crippen molar-refractivity contribution in [2.45, 2.75) is 11.3 Å². The third-order valence-electron chi connectivity index (χ3n) is 3.41. The first-order valence-electron chi connectivity index (χ1n) is 7.71. The number of hydrogen-bond donors (Lipinski definition) is 2. The van der Waals surface area contributed by atoms with Gasteiger partial charge in [0.25, 0.3) is 0 Å². The average molecular weight is 431 g/mol. The first-order valence-corrected chi connectivity index (χ1v) is 9.11. The second kappa shape index (κ2) is 7.50. The van der Waals surface area contributed by atoms with E-state index in [0.717, 1.165) is 24.3 Å². The number of rotatable bonds is 5. The molecule has 29 heavy (non-hydrogen) atoms. The highest BCUT2D eigenvalue weighted by Crippen LogP contribution is 2.27. The average Bonchev–Trinajstić information content (AvgIpc) is 3.01. The van der Waals surface area contributed by atoms with E-state index in [4.69, 9.17) is 4.18 Å². The molecule has 1 aromatic heterocycles. The van der Waals surface area contributed by atoms with Crippen LogP contribution in [0.15, 0.2) is 47.4 Å². The van der Waals surface area contributed by atoms with Crippen LogP contribution in [0.2, 0.25) is 0 Å². The van der Waals surface area contributed by atoms with Crippen LogP contribution in [-0.2, 0) is 14.9 Å². The number of methoxy groups -OCH3 is 1. The van der Waals surface area contributed by atoms with Crippen LogP contribution in [0.25, 0.3) is 11.0 Å². The monoisotopic (exact) mass is 431 g/mol. The number of hydrogen-bond acceptors (Lipinski definition) is 7. The molecule has 0 radical (unpaired) electrons. The van der Waals surface area contributed by atoms with Crippen LogP contribution in [0, 0.1) is 0 Å². The van der Waals surface area contributed by atoms with E-state index < -0.39 is 28.3 Å². The molecule has 1 heterocycles. The van der Waals surface area contributed by atoms with Gasteiger partial charge in [-0.3, -0.25) is 5.32 Å². The van der Waals surface area contributed by atoms with Crippen molar-refractivity contribution in [3.63, 3.8) is 0 Å². The summed E-state index contributed by atoms with van der Waals surface area (Å²) < 4.78 is 74.3. The van der Waals surface area contributed by atoms with Crippen LogP contribution >= 0.6 is 0 Å². The second-order valence-electron chi connectivity index (χ2n) is 5.44. The summed E-state index contributed by atoms with van der Waals surface area (Å²) in [5.41, 5.74) is 0.771. The standard InChI is InChI=1S/C16H12F3N3O6S/c1-26-15(23)22-14-20-12-7-4-10(8-13(12)21-14)28-29(24,25)11-5-2-9(3-6-11)27-16(17,18)19/h2-8H,1H3,(H2,20,21,22,23). The molecule has 1 amide bonds. The number of alkyl halides is 3. The van der Waals surface area contributed by atoms with Gasteiger partial charge in [0.05, 0.1) is 18.1 Å². The SMILES string of the molecule is COC(=O)Nc1nc2cc(OS(=O)(=O)c3ccc(OC(F)(F)F)cc3)ccc2[nH]1. The number of nitrogens with one attached hydrogen (secondary N) is 2. The van der Waals surface area contributed by atoms with Crippen LogP contribution in [-0.4, -0.2) is 38.0 Å². The molecule has 0 bridgehead atoms. The third-order valence-corrected chi connectivity index (χ3v) is 4.67. The van der Waals surface area contributed by atoms with Gasteiger partial charge in [-0.25, -0.2) is 9.78 Å². The lowest BCUT2D eigenvalue weighted by Crippen LogP contribution is -2.17. The molecule has 0 aliphatic rings. The Balaban J connectivity index is 1.79. The molecule has 154 valence electrons. The lowest BCUT2D eigenvalue weighted by molar-refractivity contribution is -0.274. The number of carbonyl (C=O) groups is 1. The summed E-state index contributed by atoms with van der Waals surface area (Å²) in [6, 6.07) is 7.64. The van der Waals surface area contributed by atoms with Crippen molar-refractivity contribution in [3.8, 4) is 11.5 Å². The van der Waals surface area contributed by atoms with Crippen LogP contribution in [0.1, 0.15) is 0 Å². The molecule has 0 spiro atoms. The molecule has 3 aromatic rings. The fraction of sp³-hybridized carbons (Fsp3) is 0.125. The minimum atomic E-state index is -4.89. The molecule has 0 aliphatic carbocycles. The van der Waals surface area contributed by atoms with Crippen molar-refractivity contribution in [3.05, 3.63) is 42.5 Å². The summed E-state index contributed by atoms with van der Waals surface area (Å²) in [4.78, 5) is 17.6. The van der Waals surface area contributed by atoms with Gasteiger partial charge >= 0.3 is 22.6 Å². The van der Waals surface area contributed by atoms with E-state index in [0.29, 0.717) is 5.52 Å². The highest BCUT2D eigenvalue weighted by Gasteiger charge is 2.31. The summed E-state index contributed by atoms with van der Waals surface area (Å²) in [7, 11) is -3.15. The predicted molar refractivity (Wildman–Crippen MR) is 93.1 cm³/mol. The molecule has 0 unspecified atom stereocenters. The van der Waals surface area contributed by atoms with E-state index in [-0.39, 0.29) is 22.1 Å². The maximum atomic E-state index is 12.3. The zero-order chi connectivity index (χ0) is 21.2. The summed E-state index contributed by atoms with van der Waals surface area (Å²) >= 11 is 0. The van der Waals surface area contributed by atoms with Gasteiger partial charge in [0.2, 0.25) is 5.95 Å². The van der Waals surface area contributed by atoms with Gasteiger partial charge in [-0.1, -0.05) is 0 Å². The molecule has 0 aliphatic heterocycles. The highest BCUT2D eigenvalue weighted by molar-refractivity contribution is 7.87. The number of aromatic nitrogens is 2. The smallest absolute Gasteiger partial charge is 0.453 e. The van der Waals surface area contributed by atoms with Crippen LogP contribution in [0.3, 0.4) is 0 Å². The molecular weight excluding hydrogens is 419 g/mol. The lowest BCUT2D eigenvalue weighted by atomic mass is 10.3. The zero-order valence-electron chi connectivity index (χ0n) is 14.5. The van der Waals surface area contributed by atoms with Gasteiger partial charge in [-0.15, -0.1) is 13.2 Å². The van der Waals surface area contributed by atoms with Crippen molar-refractivity contribution < 1.29 is 40.0 Å². The van der Waals surface area contributed by atoms with Crippen molar-refractivity contribution in [1.82, 2.24) is 9.97 Å². The lowest BCUT2D eigenvalue weighted by Gasteiger charge is -2.10. The largest absolute Gasteiger partial charge is 0.573 e. The number of aromatic amines is 1. The molecule has 0 saturated heterocycles. The van der Waals surface area contributed by atoms with E-state index in [9.17, 15) is 26.4 Å². The highest BCUT2D eigenvalue weighted by atomic mass is 32.2. The van der Waals surface area contributed by atoms with Gasteiger partial charge in [-0.05, 0) is 36.4 Å². The number of carbonyl (C=O) groups excluding carboxylic acids is 1. The second-order valence-corrected chi connectivity index (χ2v) is 6.98. The normalized spacial score (nSPS) is 11.9. The Kier molecular flexibility index (Phi) is 5.24. The van der Waals surface area contributed by atoms with Gasteiger partial charge in [-0.2, -0.15) is 8.42 Å². The number of benzene rings is 2.